The van der Waals surface area contributed by atoms with Gasteiger partial charge >= 0.3 is 5.97 Å². The number of carboxylic acid groups (broad SMARTS) is 1. The molecule has 0 aromatic heterocycles. The SMILES string of the molecule is CNc1ccc(C)c(-c2ccc(/C=C/C(=O)O)cc2)c1. The standard InChI is InChI=1S/C17H17NO2/c1-12-3-9-15(18-2)11-16(12)14-7-4-13(5-8-14)6-10-17(19)20/h3-11,18H,1-2H3,(H,19,20)/b10-6+. The van der Waals surface area contributed by atoms with Gasteiger partial charge in [-0.2, -0.15) is 0 Å². The van der Waals surface area contributed by atoms with Crippen LogP contribution in [0, 0.1) is 6.92 Å². The first-order valence-corrected chi connectivity index (χ1v) is 6.40. The van der Waals surface area contributed by atoms with Gasteiger partial charge in [-0.15, -0.1) is 0 Å². The minimum atomic E-state index is -0.938. The second-order valence-electron chi connectivity index (χ2n) is 4.57. The molecule has 0 saturated heterocycles. The van der Waals surface area contributed by atoms with Crippen LogP contribution >= 0.6 is 0 Å². The van der Waals surface area contributed by atoms with E-state index >= 15 is 0 Å². The number of aryl methyl sites for hydroxylation is 1. The number of benzene rings is 2. The first-order valence-electron chi connectivity index (χ1n) is 6.40. The predicted octanol–water partition coefficient (Wildman–Crippen LogP) is 3.80. The van der Waals surface area contributed by atoms with E-state index in [4.69, 9.17) is 5.11 Å². The van der Waals surface area contributed by atoms with Gasteiger partial charge in [0.15, 0.2) is 0 Å². The summed E-state index contributed by atoms with van der Waals surface area (Å²) >= 11 is 0. The molecule has 0 aliphatic carbocycles. The van der Waals surface area contributed by atoms with E-state index in [1.165, 1.54) is 11.1 Å². The highest BCUT2D eigenvalue weighted by molar-refractivity contribution is 5.85. The summed E-state index contributed by atoms with van der Waals surface area (Å²) in [6.07, 6.45) is 2.73. The lowest BCUT2D eigenvalue weighted by molar-refractivity contribution is -0.131. The van der Waals surface area contributed by atoms with Gasteiger partial charge in [0.05, 0.1) is 0 Å². The van der Waals surface area contributed by atoms with E-state index in [1.54, 1.807) is 6.08 Å². The Morgan fingerprint density at radius 1 is 1.15 bits per heavy atom. The van der Waals surface area contributed by atoms with Crippen LogP contribution in [0.15, 0.2) is 48.5 Å². The van der Waals surface area contributed by atoms with Crippen LogP contribution in [0.3, 0.4) is 0 Å². The van der Waals surface area contributed by atoms with Crippen LogP contribution in [0.5, 0.6) is 0 Å². The summed E-state index contributed by atoms with van der Waals surface area (Å²) in [6.45, 7) is 2.08. The average Bonchev–Trinajstić information content (AvgIpc) is 2.46. The molecular weight excluding hydrogens is 250 g/mol. The molecular formula is C17H17NO2. The largest absolute Gasteiger partial charge is 0.478 e. The van der Waals surface area contributed by atoms with Crippen LogP contribution in [0.1, 0.15) is 11.1 Å². The normalized spacial score (nSPS) is 10.7. The van der Waals surface area contributed by atoms with Crippen molar-refractivity contribution < 1.29 is 9.90 Å². The third-order valence-electron chi connectivity index (χ3n) is 3.17. The zero-order valence-electron chi connectivity index (χ0n) is 11.6. The smallest absolute Gasteiger partial charge is 0.328 e. The highest BCUT2D eigenvalue weighted by Crippen LogP contribution is 2.26. The van der Waals surface area contributed by atoms with E-state index in [1.807, 2.05) is 37.4 Å². The van der Waals surface area contributed by atoms with Gasteiger partial charge in [0, 0.05) is 18.8 Å². The fraction of sp³-hybridized carbons (Fsp3) is 0.118. The Hall–Kier alpha value is -2.55. The molecule has 0 unspecified atom stereocenters. The van der Waals surface area contributed by atoms with Gasteiger partial charge in [-0.25, -0.2) is 4.79 Å². The molecule has 0 aliphatic rings. The predicted molar refractivity (Wildman–Crippen MR) is 82.8 cm³/mol. The lowest BCUT2D eigenvalue weighted by Crippen LogP contribution is -1.90. The summed E-state index contributed by atoms with van der Waals surface area (Å²) in [4.78, 5) is 10.5. The molecule has 0 bridgehead atoms. The summed E-state index contributed by atoms with van der Waals surface area (Å²) in [5, 5.41) is 11.7. The first kappa shape index (κ1) is 13.9. The molecule has 0 spiro atoms. The Morgan fingerprint density at radius 2 is 1.85 bits per heavy atom. The average molecular weight is 267 g/mol. The van der Waals surface area contributed by atoms with Crippen molar-refractivity contribution in [3.8, 4) is 11.1 Å². The number of anilines is 1. The molecule has 0 fully saturated rings. The van der Waals surface area contributed by atoms with E-state index in [-0.39, 0.29) is 0 Å². The van der Waals surface area contributed by atoms with E-state index in [0.29, 0.717) is 0 Å². The molecule has 0 saturated carbocycles. The van der Waals surface area contributed by atoms with Gasteiger partial charge in [0.1, 0.15) is 0 Å². The molecule has 3 nitrogen and oxygen atoms in total. The minimum Gasteiger partial charge on any atom is -0.478 e. The van der Waals surface area contributed by atoms with Crippen molar-refractivity contribution in [2.24, 2.45) is 0 Å². The summed E-state index contributed by atoms with van der Waals surface area (Å²) in [5.74, 6) is -0.938. The third kappa shape index (κ3) is 3.26. The summed E-state index contributed by atoms with van der Waals surface area (Å²) in [7, 11) is 1.90. The second kappa shape index (κ2) is 6.06. The molecule has 0 heterocycles. The van der Waals surface area contributed by atoms with Crippen molar-refractivity contribution >= 4 is 17.7 Å². The van der Waals surface area contributed by atoms with Crippen LogP contribution in [-0.2, 0) is 4.79 Å². The number of rotatable bonds is 4. The van der Waals surface area contributed by atoms with Crippen molar-refractivity contribution in [3.05, 3.63) is 59.7 Å². The Balaban J connectivity index is 2.32. The molecule has 0 radical (unpaired) electrons. The fourth-order valence-corrected chi connectivity index (χ4v) is 2.03. The fourth-order valence-electron chi connectivity index (χ4n) is 2.03. The summed E-state index contributed by atoms with van der Waals surface area (Å²) in [5.41, 5.74) is 5.44. The Labute approximate surface area is 118 Å². The van der Waals surface area contributed by atoms with E-state index in [0.717, 1.165) is 22.9 Å². The molecule has 3 heteroatoms. The van der Waals surface area contributed by atoms with Crippen molar-refractivity contribution in [2.45, 2.75) is 6.92 Å². The number of carboxylic acids is 1. The highest BCUT2D eigenvalue weighted by atomic mass is 16.4. The molecule has 20 heavy (non-hydrogen) atoms. The van der Waals surface area contributed by atoms with Crippen LogP contribution in [0.4, 0.5) is 5.69 Å². The van der Waals surface area contributed by atoms with E-state index in [9.17, 15) is 4.79 Å². The van der Waals surface area contributed by atoms with Gasteiger partial charge in [0.25, 0.3) is 0 Å². The number of nitrogens with one attached hydrogen (secondary N) is 1. The Bertz CT molecular complexity index is 643. The van der Waals surface area contributed by atoms with Gasteiger partial charge in [-0.1, -0.05) is 30.3 Å². The van der Waals surface area contributed by atoms with Crippen molar-refractivity contribution in [1.82, 2.24) is 0 Å². The number of carbonyl (C=O) groups is 1. The van der Waals surface area contributed by atoms with Crippen molar-refractivity contribution in [3.63, 3.8) is 0 Å². The molecule has 2 aromatic rings. The van der Waals surface area contributed by atoms with Gasteiger partial charge in [-0.05, 0) is 47.4 Å². The highest BCUT2D eigenvalue weighted by Gasteiger charge is 2.03. The molecule has 2 aromatic carbocycles. The van der Waals surface area contributed by atoms with E-state index in [2.05, 4.69) is 24.4 Å². The molecule has 102 valence electrons. The lowest BCUT2D eigenvalue weighted by Gasteiger charge is -2.09. The van der Waals surface area contributed by atoms with Crippen molar-refractivity contribution in [2.75, 3.05) is 12.4 Å². The molecule has 0 aliphatic heterocycles. The number of aliphatic carboxylic acids is 1. The van der Waals surface area contributed by atoms with Crippen LogP contribution < -0.4 is 5.32 Å². The zero-order chi connectivity index (χ0) is 14.5. The topological polar surface area (TPSA) is 49.3 Å². The van der Waals surface area contributed by atoms with Gasteiger partial charge in [-0.3, -0.25) is 0 Å². The molecule has 2 rings (SSSR count). The maximum atomic E-state index is 10.5. The van der Waals surface area contributed by atoms with Crippen LogP contribution in [-0.4, -0.2) is 18.1 Å². The maximum Gasteiger partial charge on any atom is 0.328 e. The maximum absolute atomic E-state index is 10.5. The Kier molecular flexibility index (Phi) is 4.20. The van der Waals surface area contributed by atoms with E-state index < -0.39 is 5.97 Å². The third-order valence-corrected chi connectivity index (χ3v) is 3.17. The van der Waals surface area contributed by atoms with Crippen LogP contribution in [0.25, 0.3) is 17.2 Å². The second-order valence-corrected chi connectivity index (χ2v) is 4.57. The van der Waals surface area contributed by atoms with Crippen LogP contribution in [0.2, 0.25) is 0 Å². The lowest BCUT2D eigenvalue weighted by atomic mass is 9.99. The van der Waals surface area contributed by atoms with Gasteiger partial charge in [0.2, 0.25) is 0 Å². The minimum absolute atomic E-state index is 0.874. The number of hydrogen-bond acceptors (Lipinski definition) is 2. The summed E-state index contributed by atoms with van der Waals surface area (Å²) < 4.78 is 0. The van der Waals surface area contributed by atoms with Crippen molar-refractivity contribution in [1.29, 1.82) is 0 Å². The molecule has 2 N–H and O–H groups in total. The quantitative estimate of drug-likeness (QED) is 0.828. The molecule has 0 atom stereocenters. The monoisotopic (exact) mass is 267 g/mol. The molecule has 0 amide bonds. The Morgan fingerprint density at radius 3 is 2.45 bits per heavy atom. The first-order chi connectivity index (χ1) is 9.60. The van der Waals surface area contributed by atoms with Gasteiger partial charge < -0.3 is 10.4 Å². The zero-order valence-corrected chi connectivity index (χ0v) is 11.6. The summed E-state index contributed by atoms with van der Waals surface area (Å²) in [6, 6.07) is 14.1. The number of hydrogen-bond donors (Lipinski definition) is 2.